The van der Waals surface area contributed by atoms with Crippen LogP contribution in [0.25, 0.3) is 0 Å². The first-order valence-corrected chi connectivity index (χ1v) is 9.76. The van der Waals surface area contributed by atoms with E-state index in [1.807, 2.05) is 31.2 Å². The van der Waals surface area contributed by atoms with E-state index < -0.39 is 5.25 Å². The van der Waals surface area contributed by atoms with Crippen molar-refractivity contribution in [3.05, 3.63) is 59.7 Å². The number of carbonyl (C=O) groups is 3. The first-order chi connectivity index (χ1) is 13.4. The molecule has 0 saturated heterocycles. The number of ketones is 1. The first-order valence-electron chi connectivity index (χ1n) is 8.88. The van der Waals surface area contributed by atoms with E-state index in [4.69, 9.17) is 0 Å². The highest BCUT2D eigenvalue weighted by Gasteiger charge is 2.30. The van der Waals surface area contributed by atoms with Crippen LogP contribution in [0.2, 0.25) is 0 Å². The number of benzene rings is 2. The van der Waals surface area contributed by atoms with E-state index in [0.29, 0.717) is 16.4 Å². The molecule has 1 aliphatic rings. The molecular formula is C21H21N3O3S. The number of hydrogen-bond acceptors (Lipinski definition) is 5. The predicted octanol–water partition coefficient (Wildman–Crippen LogP) is 3.66. The summed E-state index contributed by atoms with van der Waals surface area (Å²) in [5.41, 5.74) is 2.77. The zero-order valence-electron chi connectivity index (χ0n) is 15.9. The SMILES string of the molecule is CC(=O)c1ccccc1NC(=O)[C@@H](C)SC1=NCC(=O)N1c1ccc(C)cc1. The lowest BCUT2D eigenvalue weighted by molar-refractivity contribution is -0.116. The number of aryl methyl sites for hydroxylation is 1. The molecule has 28 heavy (non-hydrogen) atoms. The second-order valence-corrected chi connectivity index (χ2v) is 7.82. The Kier molecular flexibility index (Phi) is 5.94. The summed E-state index contributed by atoms with van der Waals surface area (Å²) >= 11 is 1.22. The molecule has 0 aromatic heterocycles. The van der Waals surface area contributed by atoms with Crippen LogP contribution in [0, 0.1) is 6.92 Å². The van der Waals surface area contributed by atoms with Crippen LogP contribution >= 0.6 is 11.8 Å². The normalized spacial score (nSPS) is 14.6. The van der Waals surface area contributed by atoms with E-state index in [2.05, 4.69) is 10.3 Å². The van der Waals surface area contributed by atoms with Crippen LogP contribution in [-0.4, -0.2) is 34.6 Å². The molecule has 2 aromatic carbocycles. The Hall–Kier alpha value is -2.93. The molecule has 6 nitrogen and oxygen atoms in total. The highest BCUT2D eigenvalue weighted by molar-refractivity contribution is 8.15. The molecule has 3 rings (SSSR count). The van der Waals surface area contributed by atoms with Crippen molar-refractivity contribution in [3.63, 3.8) is 0 Å². The zero-order chi connectivity index (χ0) is 20.3. The van der Waals surface area contributed by atoms with Gasteiger partial charge in [-0.1, -0.05) is 41.6 Å². The van der Waals surface area contributed by atoms with Gasteiger partial charge in [0.25, 0.3) is 5.91 Å². The molecule has 0 fully saturated rings. The highest BCUT2D eigenvalue weighted by atomic mass is 32.2. The smallest absolute Gasteiger partial charge is 0.254 e. The number of aliphatic imine (C=N–C) groups is 1. The second kappa shape index (κ2) is 8.39. The fourth-order valence-corrected chi connectivity index (χ4v) is 3.70. The van der Waals surface area contributed by atoms with Crippen LogP contribution in [0.4, 0.5) is 11.4 Å². The molecule has 0 saturated carbocycles. The average Bonchev–Trinajstić information content (AvgIpc) is 3.03. The van der Waals surface area contributed by atoms with Gasteiger partial charge in [0, 0.05) is 5.56 Å². The maximum absolute atomic E-state index is 12.6. The summed E-state index contributed by atoms with van der Waals surface area (Å²) in [6.07, 6.45) is 0. The number of carbonyl (C=O) groups excluding carboxylic acids is 3. The number of nitrogens with zero attached hydrogens (tertiary/aromatic N) is 2. The number of nitrogens with one attached hydrogen (secondary N) is 1. The van der Waals surface area contributed by atoms with Crippen molar-refractivity contribution >= 4 is 45.9 Å². The molecular weight excluding hydrogens is 374 g/mol. The van der Waals surface area contributed by atoms with Crippen LogP contribution in [-0.2, 0) is 9.59 Å². The second-order valence-electron chi connectivity index (χ2n) is 6.51. The fraction of sp³-hybridized carbons (Fsp3) is 0.238. The van der Waals surface area contributed by atoms with Gasteiger partial charge in [0.2, 0.25) is 5.91 Å². The molecule has 0 radical (unpaired) electrons. The number of rotatable bonds is 5. The Morgan fingerprint density at radius 1 is 1.14 bits per heavy atom. The number of amidine groups is 1. The van der Waals surface area contributed by atoms with E-state index in [1.54, 1.807) is 31.2 Å². The summed E-state index contributed by atoms with van der Waals surface area (Å²) in [4.78, 5) is 42.5. The Morgan fingerprint density at radius 3 is 2.50 bits per heavy atom. The fourth-order valence-electron chi connectivity index (χ4n) is 2.77. The minimum Gasteiger partial charge on any atom is -0.324 e. The lowest BCUT2D eigenvalue weighted by atomic mass is 10.1. The lowest BCUT2D eigenvalue weighted by Gasteiger charge is -2.20. The van der Waals surface area contributed by atoms with Gasteiger partial charge in [-0.25, -0.2) is 0 Å². The standard InChI is InChI=1S/C21H21N3O3S/c1-13-8-10-16(11-9-13)24-19(26)12-22-21(24)28-15(3)20(27)23-18-7-5-4-6-17(18)14(2)25/h4-11,15H,12H2,1-3H3,(H,23,27)/t15-/m1/s1. The van der Waals surface area contributed by atoms with Crippen molar-refractivity contribution in [3.8, 4) is 0 Å². The van der Waals surface area contributed by atoms with Gasteiger partial charge in [-0.3, -0.25) is 24.3 Å². The molecule has 1 aliphatic heterocycles. The van der Waals surface area contributed by atoms with Gasteiger partial charge >= 0.3 is 0 Å². The largest absolute Gasteiger partial charge is 0.324 e. The molecule has 0 aliphatic carbocycles. The summed E-state index contributed by atoms with van der Waals surface area (Å²) in [6.45, 7) is 5.25. The van der Waals surface area contributed by atoms with Gasteiger partial charge in [-0.15, -0.1) is 0 Å². The highest BCUT2D eigenvalue weighted by Crippen LogP contribution is 2.27. The molecule has 1 heterocycles. The van der Waals surface area contributed by atoms with Crippen molar-refractivity contribution in [1.29, 1.82) is 0 Å². The molecule has 144 valence electrons. The van der Waals surface area contributed by atoms with Crippen LogP contribution in [0.3, 0.4) is 0 Å². The molecule has 1 N–H and O–H groups in total. The monoisotopic (exact) mass is 395 g/mol. The maximum Gasteiger partial charge on any atom is 0.254 e. The van der Waals surface area contributed by atoms with Crippen molar-refractivity contribution in [2.24, 2.45) is 4.99 Å². The molecule has 0 spiro atoms. The number of Topliss-reactive ketones (excluding diaryl/α,β-unsaturated/α-hetero) is 1. The zero-order valence-corrected chi connectivity index (χ0v) is 16.7. The van der Waals surface area contributed by atoms with Crippen LogP contribution < -0.4 is 10.2 Å². The third kappa shape index (κ3) is 4.31. The number of thioether (sulfide) groups is 1. The molecule has 7 heteroatoms. The lowest BCUT2D eigenvalue weighted by Crippen LogP contribution is -2.33. The predicted molar refractivity (Wildman–Crippen MR) is 113 cm³/mol. The van der Waals surface area contributed by atoms with E-state index in [-0.39, 0.29) is 24.1 Å². The third-order valence-corrected chi connectivity index (χ3v) is 5.39. The first kappa shape index (κ1) is 19.8. The summed E-state index contributed by atoms with van der Waals surface area (Å²) in [6, 6.07) is 14.5. The number of para-hydroxylation sites is 1. The van der Waals surface area contributed by atoms with E-state index in [0.717, 1.165) is 11.3 Å². The van der Waals surface area contributed by atoms with Crippen molar-refractivity contribution < 1.29 is 14.4 Å². The van der Waals surface area contributed by atoms with Crippen molar-refractivity contribution in [2.45, 2.75) is 26.0 Å². The van der Waals surface area contributed by atoms with Gasteiger partial charge in [0.15, 0.2) is 11.0 Å². The summed E-state index contributed by atoms with van der Waals surface area (Å²) in [5.74, 6) is -0.502. The molecule has 2 aromatic rings. The van der Waals surface area contributed by atoms with Gasteiger partial charge in [-0.2, -0.15) is 0 Å². The Bertz CT molecular complexity index is 954. The van der Waals surface area contributed by atoms with E-state index in [1.165, 1.54) is 23.6 Å². The molecule has 0 unspecified atom stereocenters. The summed E-state index contributed by atoms with van der Waals surface area (Å²) in [7, 11) is 0. The number of anilines is 2. The summed E-state index contributed by atoms with van der Waals surface area (Å²) in [5, 5.41) is 2.79. The van der Waals surface area contributed by atoms with E-state index in [9.17, 15) is 14.4 Å². The van der Waals surface area contributed by atoms with Crippen molar-refractivity contribution in [1.82, 2.24) is 0 Å². The van der Waals surface area contributed by atoms with Crippen LogP contribution in [0.5, 0.6) is 0 Å². The Balaban J connectivity index is 1.72. The average molecular weight is 395 g/mol. The van der Waals surface area contributed by atoms with Gasteiger partial charge in [0.1, 0.15) is 6.54 Å². The summed E-state index contributed by atoms with van der Waals surface area (Å²) < 4.78 is 0. The number of amides is 2. The Labute approximate surface area is 168 Å². The van der Waals surface area contributed by atoms with Gasteiger partial charge in [-0.05, 0) is 45.0 Å². The van der Waals surface area contributed by atoms with E-state index >= 15 is 0 Å². The topological polar surface area (TPSA) is 78.8 Å². The molecule has 2 amide bonds. The van der Waals surface area contributed by atoms with Crippen LogP contribution in [0.15, 0.2) is 53.5 Å². The minimum atomic E-state index is -0.502. The maximum atomic E-state index is 12.6. The molecule has 0 bridgehead atoms. The van der Waals surface area contributed by atoms with Crippen molar-refractivity contribution in [2.75, 3.05) is 16.8 Å². The van der Waals surface area contributed by atoms with Gasteiger partial charge < -0.3 is 5.32 Å². The Morgan fingerprint density at radius 2 is 1.82 bits per heavy atom. The number of hydrogen-bond donors (Lipinski definition) is 1. The minimum absolute atomic E-state index is 0.0672. The molecule has 1 atom stereocenters. The quantitative estimate of drug-likeness (QED) is 0.784. The van der Waals surface area contributed by atoms with Crippen LogP contribution in [0.1, 0.15) is 29.8 Å². The van der Waals surface area contributed by atoms with Gasteiger partial charge in [0.05, 0.1) is 16.6 Å². The third-order valence-electron chi connectivity index (χ3n) is 4.30.